The normalized spacial score (nSPS) is 19.6. The average Bonchev–Trinajstić information content (AvgIpc) is 3.82. The first-order valence-corrected chi connectivity index (χ1v) is 20.0. The van der Waals surface area contributed by atoms with E-state index in [-0.39, 0.29) is 57.0 Å². The monoisotopic (exact) mass is 778 g/mol. The van der Waals surface area contributed by atoms with Crippen molar-refractivity contribution in [3.05, 3.63) is 103 Å². The largest absolute Gasteiger partial charge is 0.490 e. The van der Waals surface area contributed by atoms with Crippen molar-refractivity contribution in [1.29, 1.82) is 0 Å². The lowest BCUT2D eigenvalue weighted by molar-refractivity contribution is -0.124. The highest BCUT2D eigenvalue weighted by Crippen LogP contribution is 2.48. The maximum Gasteiger partial charge on any atom is 0.329 e. The van der Waals surface area contributed by atoms with Gasteiger partial charge in [0.15, 0.2) is 5.65 Å². The summed E-state index contributed by atoms with van der Waals surface area (Å²) in [6.07, 6.45) is 10.4. The van der Waals surface area contributed by atoms with Crippen LogP contribution in [0.4, 0.5) is 0 Å². The Morgan fingerprint density at radius 1 is 1.07 bits per heavy atom. The highest BCUT2D eigenvalue weighted by molar-refractivity contribution is 7.90. The summed E-state index contributed by atoms with van der Waals surface area (Å²) >= 11 is 0. The molecule has 2 aromatic carbocycles. The number of nitrogens with zero attached hydrogens (tertiary/aromatic N) is 6. The SMILES string of the molecule is [2H]C([2H])([2H])n1c(=O)n(C2CCC(CC=C)(NC(=O)C3CC3)CC2)c2c3c(-c4ccc(OCC=C)cc4)c(-c4cn(C)nc4OC)n(S(=O)(=O)c4ccccc4)c3ncc21. The first-order valence-electron chi connectivity index (χ1n) is 20.1. The number of ether oxygens (including phenoxy) is 2. The first-order chi connectivity index (χ1) is 28.2. The summed E-state index contributed by atoms with van der Waals surface area (Å²) in [6, 6.07) is 14.4. The third-order valence-electron chi connectivity index (χ3n) is 11.0. The third kappa shape index (κ3) is 6.21. The van der Waals surface area contributed by atoms with E-state index in [1.807, 2.05) is 0 Å². The molecule has 6 aromatic rings. The molecule has 0 unspecified atom stereocenters. The molecule has 13 nitrogen and oxygen atoms in total. The Kier molecular flexibility index (Phi) is 8.55. The van der Waals surface area contributed by atoms with Gasteiger partial charge in [-0.1, -0.05) is 49.1 Å². The Bertz CT molecular complexity index is 2770. The molecule has 0 radical (unpaired) electrons. The number of aryl methyl sites for hydroxylation is 2. The van der Waals surface area contributed by atoms with Crippen molar-refractivity contribution in [3.63, 3.8) is 0 Å². The Hall–Kier alpha value is -5.89. The second-order valence-electron chi connectivity index (χ2n) is 14.6. The first kappa shape index (κ1) is 33.4. The number of carbonyl (C=O) groups is 1. The third-order valence-corrected chi connectivity index (χ3v) is 12.7. The summed E-state index contributed by atoms with van der Waals surface area (Å²) in [5.41, 5.74) is 0.171. The lowest BCUT2D eigenvalue weighted by Gasteiger charge is -2.41. The number of nitrogens with one attached hydrogen (secondary N) is 1. The van der Waals surface area contributed by atoms with Crippen LogP contribution in [0.25, 0.3) is 44.5 Å². The predicted molar refractivity (Wildman–Crippen MR) is 215 cm³/mol. The van der Waals surface area contributed by atoms with Crippen LogP contribution in [-0.4, -0.2) is 61.5 Å². The van der Waals surface area contributed by atoms with Gasteiger partial charge in [0, 0.05) is 47.4 Å². The van der Waals surface area contributed by atoms with E-state index in [2.05, 4.69) is 23.6 Å². The molecule has 8 rings (SSSR count). The second kappa shape index (κ2) is 14.3. The number of imidazole rings is 1. The number of rotatable bonds is 13. The molecule has 1 amide bonds. The van der Waals surface area contributed by atoms with Crippen LogP contribution in [0.2, 0.25) is 0 Å². The molecule has 4 heterocycles. The smallest absolute Gasteiger partial charge is 0.329 e. The van der Waals surface area contributed by atoms with Gasteiger partial charge in [-0.05, 0) is 74.8 Å². The topological polar surface area (TPSA) is 144 Å². The van der Waals surface area contributed by atoms with Crippen molar-refractivity contribution in [3.8, 4) is 34.0 Å². The predicted octanol–water partition coefficient (Wildman–Crippen LogP) is 6.52. The van der Waals surface area contributed by atoms with Crippen LogP contribution in [0.3, 0.4) is 0 Å². The van der Waals surface area contributed by atoms with Crippen LogP contribution in [0.1, 0.15) is 55.1 Å². The quantitative estimate of drug-likeness (QED) is 0.131. The average molecular weight is 779 g/mol. The number of hydrogen-bond acceptors (Lipinski definition) is 8. The van der Waals surface area contributed by atoms with Gasteiger partial charge in [-0.25, -0.2) is 22.2 Å². The Morgan fingerprint density at radius 2 is 1.80 bits per heavy atom. The summed E-state index contributed by atoms with van der Waals surface area (Å²) in [4.78, 5) is 32.6. The number of aromatic nitrogens is 6. The van der Waals surface area contributed by atoms with E-state index in [1.54, 1.807) is 67.9 Å². The Morgan fingerprint density at radius 3 is 2.45 bits per heavy atom. The van der Waals surface area contributed by atoms with Crippen molar-refractivity contribution < 1.29 is 26.8 Å². The van der Waals surface area contributed by atoms with Gasteiger partial charge in [0.2, 0.25) is 11.8 Å². The molecule has 2 aliphatic rings. The van der Waals surface area contributed by atoms with Crippen LogP contribution in [0.5, 0.6) is 11.6 Å². The zero-order chi connectivity index (χ0) is 41.9. The molecule has 0 atom stereocenters. The standard InChI is InChI=1S/C42H45N7O6S/c1-6-21-42(44-39(50)28-13-14-28)22-19-29(20-23-42)48-37-33(47(4)41(48)51)25-43-38-35(37)34(27-15-17-30(18-16-27)55-24-7-2)36(32-26-46(3)45-40(32)54-5)49(38)56(52,53)31-11-9-8-10-12-31/h6-12,15-18,25-26,28-29H,1-2,13-14,19-24H2,3-5H3,(H,44,50)/i4D3. The van der Waals surface area contributed by atoms with Gasteiger partial charge in [0.25, 0.3) is 10.0 Å². The molecule has 14 heteroatoms. The lowest BCUT2D eigenvalue weighted by atomic mass is 9.77. The summed E-state index contributed by atoms with van der Waals surface area (Å²) in [6.45, 7) is 5.01. The zero-order valence-electron chi connectivity index (χ0n) is 34.3. The van der Waals surface area contributed by atoms with Crippen molar-refractivity contribution in [2.24, 2.45) is 19.9 Å². The summed E-state index contributed by atoms with van der Waals surface area (Å²) in [5, 5.41) is 8.02. The minimum absolute atomic E-state index is 0.0000461. The maximum absolute atomic E-state index is 15.1. The summed E-state index contributed by atoms with van der Waals surface area (Å²) in [5.74, 6) is 0.668. The molecule has 2 saturated carbocycles. The molecule has 290 valence electrons. The van der Waals surface area contributed by atoms with Crippen molar-refractivity contribution in [1.82, 2.24) is 33.2 Å². The van der Waals surface area contributed by atoms with E-state index >= 15 is 8.42 Å². The summed E-state index contributed by atoms with van der Waals surface area (Å²) < 4.78 is 72.4. The molecular weight excluding hydrogens is 731 g/mol. The van der Waals surface area contributed by atoms with Crippen molar-refractivity contribution in [2.75, 3.05) is 13.7 Å². The van der Waals surface area contributed by atoms with Crippen LogP contribution >= 0.6 is 0 Å². The number of methoxy groups -OCH3 is 1. The molecule has 0 aliphatic heterocycles. The minimum Gasteiger partial charge on any atom is -0.490 e. The fraction of sp³-hybridized carbons (Fsp3) is 0.333. The number of pyridine rings is 1. The molecule has 2 aliphatic carbocycles. The molecule has 56 heavy (non-hydrogen) atoms. The fourth-order valence-electron chi connectivity index (χ4n) is 8.13. The van der Waals surface area contributed by atoms with Gasteiger partial charge in [-0.3, -0.25) is 18.6 Å². The summed E-state index contributed by atoms with van der Waals surface area (Å²) in [7, 11) is -1.35. The van der Waals surface area contributed by atoms with Crippen LogP contribution in [0, 0.1) is 5.92 Å². The van der Waals surface area contributed by atoms with Gasteiger partial charge in [-0.15, -0.1) is 11.7 Å². The van der Waals surface area contributed by atoms with Crippen LogP contribution in [0.15, 0.2) is 102 Å². The van der Waals surface area contributed by atoms with Crippen LogP contribution in [-0.2, 0) is 28.8 Å². The van der Waals surface area contributed by atoms with E-state index in [1.165, 1.54) is 34.7 Å². The molecule has 4 aromatic heterocycles. The second-order valence-corrected chi connectivity index (χ2v) is 16.4. The van der Waals surface area contributed by atoms with E-state index in [4.69, 9.17) is 18.6 Å². The Labute approximate surface area is 329 Å². The van der Waals surface area contributed by atoms with E-state index < -0.39 is 34.3 Å². The molecule has 1 N–H and O–H groups in total. The molecule has 0 bridgehead atoms. The van der Waals surface area contributed by atoms with Gasteiger partial charge in [0.1, 0.15) is 12.4 Å². The number of fused-ring (bicyclic) bond motifs is 3. The van der Waals surface area contributed by atoms with Gasteiger partial charge in [-0.2, -0.15) is 0 Å². The van der Waals surface area contributed by atoms with Crippen molar-refractivity contribution >= 4 is 38.0 Å². The molecule has 0 saturated heterocycles. The number of carbonyl (C=O) groups excluding carboxylic acids is 1. The maximum atomic E-state index is 15.1. The van der Waals surface area contributed by atoms with E-state index in [0.717, 1.165) is 21.4 Å². The fourth-order valence-corrected chi connectivity index (χ4v) is 9.64. The van der Waals surface area contributed by atoms with Gasteiger partial charge < -0.3 is 14.8 Å². The number of hydrogen-bond donors (Lipinski definition) is 1. The molecule has 0 spiro atoms. The highest BCUT2D eigenvalue weighted by atomic mass is 32.2. The van der Waals surface area contributed by atoms with E-state index in [0.29, 0.717) is 54.5 Å². The number of benzene rings is 2. The lowest BCUT2D eigenvalue weighted by Crippen LogP contribution is -2.51. The molecular formula is C42H45N7O6S. The molecule has 2 fully saturated rings. The Balaban J connectivity index is 1.48. The minimum atomic E-state index is -4.47. The van der Waals surface area contributed by atoms with Crippen LogP contribution < -0.4 is 20.5 Å². The highest BCUT2D eigenvalue weighted by Gasteiger charge is 2.41. The van der Waals surface area contributed by atoms with E-state index in [9.17, 15) is 9.59 Å². The van der Waals surface area contributed by atoms with Gasteiger partial charge >= 0.3 is 5.69 Å². The zero-order valence-corrected chi connectivity index (χ0v) is 32.1. The number of amides is 1. The van der Waals surface area contributed by atoms with Crippen molar-refractivity contribution in [2.45, 2.75) is 61.4 Å². The van der Waals surface area contributed by atoms with Gasteiger partial charge in [0.05, 0.1) is 45.9 Å².